The normalized spacial score (nSPS) is 15.8. The summed E-state index contributed by atoms with van der Waals surface area (Å²) < 4.78 is 5.75. The van der Waals surface area contributed by atoms with Crippen LogP contribution < -0.4 is 10.1 Å². The Morgan fingerprint density at radius 2 is 1.80 bits per heavy atom. The molecule has 1 aromatic carbocycles. The van der Waals surface area contributed by atoms with Crippen LogP contribution in [0.1, 0.15) is 4.88 Å². The van der Waals surface area contributed by atoms with Gasteiger partial charge < -0.3 is 10.1 Å². The van der Waals surface area contributed by atoms with Gasteiger partial charge in [0.2, 0.25) is 5.91 Å². The highest BCUT2D eigenvalue weighted by Gasteiger charge is 2.18. The van der Waals surface area contributed by atoms with E-state index in [1.54, 1.807) is 11.3 Å². The maximum atomic E-state index is 12.0. The molecule has 1 fully saturated rings. The number of hydrogen-bond acceptors (Lipinski definition) is 5. The predicted molar refractivity (Wildman–Crippen MR) is 101 cm³/mol. The van der Waals surface area contributed by atoms with Gasteiger partial charge >= 0.3 is 0 Å². The molecule has 0 aliphatic carbocycles. The summed E-state index contributed by atoms with van der Waals surface area (Å²) in [6.07, 6.45) is 0. The maximum absolute atomic E-state index is 12.0. The van der Waals surface area contributed by atoms with Crippen molar-refractivity contribution >= 4 is 17.2 Å². The highest BCUT2D eigenvalue weighted by Crippen LogP contribution is 2.09. The fourth-order valence-corrected chi connectivity index (χ4v) is 3.48. The van der Waals surface area contributed by atoms with Crippen LogP contribution in [-0.4, -0.2) is 61.6 Å². The van der Waals surface area contributed by atoms with Crippen molar-refractivity contribution in [3.63, 3.8) is 0 Å². The number of carbonyl (C=O) groups excluding carboxylic acids is 1. The van der Waals surface area contributed by atoms with Gasteiger partial charge in [0.1, 0.15) is 12.4 Å². The quantitative estimate of drug-likeness (QED) is 0.784. The molecule has 5 nitrogen and oxygen atoms in total. The number of ether oxygens (including phenoxy) is 1. The van der Waals surface area contributed by atoms with Gasteiger partial charge in [0.15, 0.2) is 0 Å². The van der Waals surface area contributed by atoms with E-state index in [1.165, 1.54) is 4.88 Å². The standard InChI is InChI=1S/C19H25N3O2S/c23-19(20-15-18-7-4-14-25-18)16-22-10-8-21(9-11-22)12-13-24-17-5-2-1-3-6-17/h1-7,14H,8-13,15-16H2,(H,20,23). The Labute approximate surface area is 153 Å². The first-order chi connectivity index (χ1) is 12.3. The van der Waals surface area contributed by atoms with Crippen LogP contribution in [0.5, 0.6) is 5.75 Å². The largest absolute Gasteiger partial charge is 0.492 e. The lowest BCUT2D eigenvalue weighted by molar-refractivity contribution is -0.122. The van der Waals surface area contributed by atoms with Crippen LogP contribution in [0.2, 0.25) is 0 Å². The third kappa shape index (κ3) is 6.16. The fourth-order valence-electron chi connectivity index (χ4n) is 2.84. The molecule has 6 heteroatoms. The van der Waals surface area contributed by atoms with Crippen molar-refractivity contribution in [1.29, 1.82) is 0 Å². The van der Waals surface area contributed by atoms with E-state index in [0.29, 0.717) is 19.7 Å². The number of hydrogen-bond donors (Lipinski definition) is 1. The Morgan fingerprint density at radius 1 is 1.04 bits per heavy atom. The number of piperazine rings is 1. The molecule has 134 valence electrons. The summed E-state index contributed by atoms with van der Waals surface area (Å²) in [4.78, 5) is 17.8. The van der Waals surface area contributed by atoms with Crippen molar-refractivity contribution in [3.8, 4) is 5.75 Å². The average Bonchev–Trinajstić information content (AvgIpc) is 3.16. The van der Waals surface area contributed by atoms with Gasteiger partial charge in [0.05, 0.1) is 13.1 Å². The van der Waals surface area contributed by atoms with Crippen molar-refractivity contribution in [2.24, 2.45) is 0 Å². The minimum absolute atomic E-state index is 0.106. The number of carbonyl (C=O) groups is 1. The monoisotopic (exact) mass is 359 g/mol. The molecule has 3 rings (SSSR count). The Bertz CT molecular complexity index is 625. The van der Waals surface area contributed by atoms with Crippen molar-refractivity contribution in [2.45, 2.75) is 6.54 Å². The first-order valence-electron chi connectivity index (χ1n) is 8.71. The van der Waals surface area contributed by atoms with Gasteiger partial charge in [-0.3, -0.25) is 14.6 Å². The number of benzene rings is 1. The average molecular weight is 359 g/mol. The molecule has 0 spiro atoms. The van der Waals surface area contributed by atoms with E-state index >= 15 is 0 Å². The first kappa shape index (κ1) is 17.9. The Kier molecular flexibility index (Phi) is 6.85. The summed E-state index contributed by atoms with van der Waals surface area (Å²) in [5.41, 5.74) is 0. The van der Waals surface area contributed by atoms with Gasteiger partial charge in [-0.15, -0.1) is 11.3 Å². The molecule has 0 atom stereocenters. The van der Waals surface area contributed by atoms with Crippen LogP contribution in [0.4, 0.5) is 0 Å². The van der Waals surface area contributed by atoms with Crippen LogP contribution in [0, 0.1) is 0 Å². The number of para-hydroxylation sites is 1. The number of amides is 1. The molecule has 0 bridgehead atoms. The van der Waals surface area contributed by atoms with Gasteiger partial charge in [-0.1, -0.05) is 24.3 Å². The Balaban J connectivity index is 1.28. The second kappa shape index (κ2) is 9.56. The molecule has 2 aromatic rings. The van der Waals surface area contributed by atoms with E-state index in [9.17, 15) is 4.79 Å². The van der Waals surface area contributed by atoms with Gasteiger partial charge in [-0.2, -0.15) is 0 Å². The van der Waals surface area contributed by atoms with E-state index in [2.05, 4.69) is 15.1 Å². The lowest BCUT2D eigenvalue weighted by Crippen LogP contribution is -2.50. The molecule has 0 radical (unpaired) electrons. The third-order valence-corrected chi connectivity index (χ3v) is 5.17. The van der Waals surface area contributed by atoms with Gasteiger partial charge in [0, 0.05) is 37.6 Å². The van der Waals surface area contributed by atoms with Crippen molar-refractivity contribution in [3.05, 3.63) is 52.7 Å². The molecule has 0 saturated carbocycles. The van der Waals surface area contributed by atoms with Crippen LogP contribution >= 0.6 is 11.3 Å². The zero-order chi connectivity index (χ0) is 17.3. The van der Waals surface area contributed by atoms with Crippen molar-refractivity contribution in [2.75, 3.05) is 45.9 Å². The second-order valence-electron chi connectivity index (χ2n) is 6.14. The molecule has 1 N–H and O–H groups in total. The summed E-state index contributed by atoms with van der Waals surface area (Å²) >= 11 is 1.67. The molecule has 1 aliphatic heterocycles. The minimum Gasteiger partial charge on any atom is -0.492 e. The topological polar surface area (TPSA) is 44.8 Å². The number of rotatable bonds is 8. The Hall–Kier alpha value is -1.89. The SMILES string of the molecule is O=C(CN1CCN(CCOc2ccccc2)CC1)NCc1cccs1. The highest BCUT2D eigenvalue weighted by molar-refractivity contribution is 7.09. The van der Waals surface area contributed by atoms with Gasteiger partial charge in [0.25, 0.3) is 0 Å². The molecular weight excluding hydrogens is 334 g/mol. The van der Waals surface area contributed by atoms with Gasteiger partial charge in [-0.05, 0) is 23.6 Å². The zero-order valence-electron chi connectivity index (χ0n) is 14.4. The molecule has 1 amide bonds. The minimum atomic E-state index is 0.106. The molecule has 1 saturated heterocycles. The number of nitrogens with zero attached hydrogens (tertiary/aromatic N) is 2. The van der Waals surface area contributed by atoms with E-state index in [0.717, 1.165) is 38.5 Å². The number of thiophene rings is 1. The lowest BCUT2D eigenvalue weighted by atomic mass is 10.3. The van der Waals surface area contributed by atoms with E-state index in [-0.39, 0.29) is 5.91 Å². The summed E-state index contributed by atoms with van der Waals surface area (Å²) in [5, 5.41) is 5.02. The third-order valence-electron chi connectivity index (χ3n) is 4.29. The Morgan fingerprint density at radius 3 is 2.52 bits per heavy atom. The van der Waals surface area contributed by atoms with E-state index < -0.39 is 0 Å². The van der Waals surface area contributed by atoms with Crippen molar-refractivity contribution < 1.29 is 9.53 Å². The summed E-state index contributed by atoms with van der Waals surface area (Å²) in [7, 11) is 0. The van der Waals surface area contributed by atoms with Crippen molar-refractivity contribution in [1.82, 2.24) is 15.1 Å². The molecule has 1 aliphatic rings. The molecule has 1 aromatic heterocycles. The fraction of sp³-hybridized carbons (Fsp3) is 0.421. The molecular formula is C19H25N3O2S. The zero-order valence-corrected chi connectivity index (χ0v) is 15.2. The van der Waals surface area contributed by atoms with Crippen LogP contribution in [-0.2, 0) is 11.3 Å². The number of nitrogens with one attached hydrogen (secondary N) is 1. The molecule has 0 unspecified atom stereocenters. The maximum Gasteiger partial charge on any atom is 0.234 e. The summed E-state index contributed by atoms with van der Waals surface area (Å²) in [6, 6.07) is 14.0. The van der Waals surface area contributed by atoms with E-state index in [1.807, 2.05) is 47.8 Å². The summed E-state index contributed by atoms with van der Waals surface area (Å²) in [6.45, 7) is 6.56. The lowest BCUT2D eigenvalue weighted by Gasteiger charge is -2.34. The molecule has 2 heterocycles. The van der Waals surface area contributed by atoms with Crippen LogP contribution in [0.25, 0.3) is 0 Å². The highest BCUT2D eigenvalue weighted by atomic mass is 32.1. The molecule has 25 heavy (non-hydrogen) atoms. The van der Waals surface area contributed by atoms with E-state index in [4.69, 9.17) is 4.74 Å². The first-order valence-corrected chi connectivity index (χ1v) is 9.59. The van der Waals surface area contributed by atoms with Crippen LogP contribution in [0.3, 0.4) is 0 Å². The second-order valence-corrected chi connectivity index (χ2v) is 7.17. The van der Waals surface area contributed by atoms with Crippen LogP contribution in [0.15, 0.2) is 47.8 Å². The van der Waals surface area contributed by atoms with Gasteiger partial charge in [-0.25, -0.2) is 0 Å². The predicted octanol–water partition coefficient (Wildman–Crippen LogP) is 2.06. The summed E-state index contributed by atoms with van der Waals surface area (Å²) in [5.74, 6) is 1.03. The smallest absolute Gasteiger partial charge is 0.234 e.